The summed E-state index contributed by atoms with van der Waals surface area (Å²) in [6.45, 7) is -0.969. The maximum atomic E-state index is 12.7. The lowest BCUT2D eigenvalue weighted by Gasteiger charge is -2.08. The summed E-state index contributed by atoms with van der Waals surface area (Å²) in [6, 6.07) is 2.63. The number of halogens is 3. The predicted octanol–water partition coefficient (Wildman–Crippen LogP) is 2.17. The van der Waals surface area contributed by atoms with E-state index in [-0.39, 0.29) is 5.56 Å². The molecule has 0 fully saturated rings. The van der Waals surface area contributed by atoms with Crippen LogP contribution in [-0.4, -0.2) is 24.1 Å². The monoisotopic (exact) mass is 220 g/mol. The smallest absolute Gasteiger partial charge is 0.339 e. The van der Waals surface area contributed by atoms with Crippen molar-refractivity contribution in [1.29, 1.82) is 0 Å². The van der Waals surface area contributed by atoms with Gasteiger partial charge in [-0.25, -0.2) is 18.0 Å². The first-order valence-corrected chi connectivity index (χ1v) is 3.94. The van der Waals surface area contributed by atoms with Gasteiger partial charge in [0.25, 0.3) is 6.43 Å². The summed E-state index contributed by atoms with van der Waals surface area (Å²) in [6.07, 6.45) is -2.74. The quantitative estimate of drug-likeness (QED) is 0.845. The Balaban J connectivity index is 2.92. The van der Waals surface area contributed by atoms with Crippen molar-refractivity contribution in [2.75, 3.05) is 6.61 Å². The number of carboxylic acid groups (broad SMARTS) is 1. The molecule has 15 heavy (non-hydrogen) atoms. The minimum Gasteiger partial charge on any atom is -0.487 e. The van der Waals surface area contributed by atoms with Crippen molar-refractivity contribution < 1.29 is 27.8 Å². The van der Waals surface area contributed by atoms with Gasteiger partial charge in [0.1, 0.15) is 23.7 Å². The van der Waals surface area contributed by atoms with Crippen molar-refractivity contribution in [3.63, 3.8) is 0 Å². The molecule has 0 aliphatic carbocycles. The van der Waals surface area contributed by atoms with E-state index in [1.54, 1.807) is 0 Å². The Morgan fingerprint density at radius 3 is 2.67 bits per heavy atom. The molecule has 1 N–H and O–H groups in total. The van der Waals surface area contributed by atoms with Crippen LogP contribution in [0.1, 0.15) is 10.4 Å². The zero-order chi connectivity index (χ0) is 11.4. The van der Waals surface area contributed by atoms with Crippen LogP contribution in [0.25, 0.3) is 0 Å². The van der Waals surface area contributed by atoms with Gasteiger partial charge in [-0.2, -0.15) is 0 Å². The fourth-order valence-electron chi connectivity index (χ4n) is 0.945. The fraction of sp³-hybridized carbons (Fsp3) is 0.222. The highest BCUT2D eigenvalue weighted by Crippen LogP contribution is 2.20. The van der Waals surface area contributed by atoms with E-state index in [4.69, 9.17) is 5.11 Å². The van der Waals surface area contributed by atoms with Crippen LogP contribution in [0.2, 0.25) is 0 Å². The molecular weight excluding hydrogens is 213 g/mol. The number of alkyl halides is 2. The van der Waals surface area contributed by atoms with E-state index in [1.165, 1.54) is 0 Å². The minimum absolute atomic E-state index is 0.350. The molecule has 0 spiro atoms. The summed E-state index contributed by atoms with van der Waals surface area (Å²) < 4.78 is 40.7. The van der Waals surface area contributed by atoms with Crippen LogP contribution in [0.5, 0.6) is 5.75 Å². The van der Waals surface area contributed by atoms with Crippen molar-refractivity contribution in [1.82, 2.24) is 0 Å². The normalized spacial score (nSPS) is 10.4. The summed E-state index contributed by atoms with van der Waals surface area (Å²) in [4.78, 5) is 10.6. The lowest BCUT2D eigenvalue weighted by Crippen LogP contribution is -2.10. The zero-order valence-corrected chi connectivity index (χ0v) is 7.41. The maximum Gasteiger partial charge on any atom is 0.339 e. The van der Waals surface area contributed by atoms with Crippen LogP contribution in [0.3, 0.4) is 0 Å². The highest BCUT2D eigenvalue weighted by atomic mass is 19.3. The van der Waals surface area contributed by atoms with Gasteiger partial charge in [0.05, 0.1) is 0 Å². The molecule has 0 radical (unpaired) electrons. The lowest BCUT2D eigenvalue weighted by molar-refractivity contribution is 0.0663. The van der Waals surface area contributed by atoms with Crippen LogP contribution in [0.15, 0.2) is 18.2 Å². The van der Waals surface area contributed by atoms with Crippen LogP contribution >= 0.6 is 0 Å². The number of aromatic carboxylic acids is 1. The van der Waals surface area contributed by atoms with Crippen molar-refractivity contribution in [3.8, 4) is 5.75 Å². The molecule has 0 heterocycles. The van der Waals surface area contributed by atoms with Crippen LogP contribution in [-0.2, 0) is 0 Å². The highest BCUT2D eigenvalue weighted by Gasteiger charge is 2.13. The van der Waals surface area contributed by atoms with Gasteiger partial charge in [-0.15, -0.1) is 0 Å². The number of carboxylic acids is 1. The molecule has 82 valence electrons. The van der Waals surface area contributed by atoms with Gasteiger partial charge in [-0.1, -0.05) is 0 Å². The third-order valence-corrected chi connectivity index (χ3v) is 1.54. The molecule has 0 saturated carbocycles. The molecule has 6 heteroatoms. The number of hydrogen-bond acceptors (Lipinski definition) is 2. The van der Waals surface area contributed by atoms with Crippen molar-refractivity contribution in [2.24, 2.45) is 0 Å². The van der Waals surface area contributed by atoms with Crippen LogP contribution < -0.4 is 4.74 Å². The van der Waals surface area contributed by atoms with Crippen LogP contribution in [0, 0.1) is 5.82 Å². The SMILES string of the molecule is O=C(O)c1ccc(F)cc1OCC(F)F. The molecule has 0 bridgehead atoms. The third-order valence-electron chi connectivity index (χ3n) is 1.54. The molecule has 3 nitrogen and oxygen atoms in total. The summed E-state index contributed by atoms with van der Waals surface area (Å²) in [5.74, 6) is -2.51. The number of benzene rings is 1. The Morgan fingerprint density at radius 1 is 1.47 bits per heavy atom. The van der Waals surface area contributed by atoms with Gasteiger partial charge in [0.2, 0.25) is 0 Å². The Morgan fingerprint density at radius 2 is 2.13 bits per heavy atom. The van der Waals surface area contributed by atoms with E-state index in [9.17, 15) is 18.0 Å². The molecule has 1 rings (SSSR count). The molecule has 0 aliphatic rings. The minimum atomic E-state index is -2.74. The van der Waals surface area contributed by atoms with Gasteiger partial charge >= 0.3 is 5.97 Å². The fourth-order valence-corrected chi connectivity index (χ4v) is 0.945. The number of hydrogen-bond donors (Lipinski definition) is 1. The average Bonchev–Trinajstić information content (AvgIpc) is 2.14. The van der Waals surface area contributed by atoms with Crippen molar-refractivity contribution in [2.45, 2.75) is 6.43 Å². The molecule has 0 saturated heterocycles. The Bertz CT molecular complexity index is 366. The molecular formula is C9H7F3O3. The Labute approximate surface area is 83.1 Å². The second-order valence-corrected chi connectivity index (χ2v) is 2.65. The Hall–Kier alpha value is -1.72. The summed E-state index contributed by atoms with van der Waals surface area (Å²) in [5, 5.41) is 8.63. The summed E-state index contributed by atoms with van der Waals surface area (Å²) >= 11 is 0. The first-order chi connectivity index (χ1) is 7.00. The first kappa shape index (κ1) is 11.4. The molecule has 0 aliphatic heterocycles. The topological polar surface area (TPSA) is 46.5 Å². The van der Waals surface area contributed by atoms with Crippen LogP contribution in [0.4, 0.5) is 13.2 Å². The van der Waals surface area contributed by atoms with Gasteiger partial charge in [0, 0.05) is 6.07 Å². The highest BCUT2D eigenvalue weighted by molar-refractivity contribution is 5.90. The lowest BCUT2D eigenvalue weighted by atomic mass is 10.2. The first-order valence-electron chi connectivity index (χ1n) is 3.94. The molecule has 1 aromatic rings. The van der Waals surface area contributed by atoms with E-state index in [1.807, 2.05) is 0 Å². The third kappa shape index (κ3) is 3.16. The second-order valence-electron chi connectivity index (χ2n) is 2.65. The predicted molar refractivity (Wildman–Crippen MR) is 44.9 cm³/mol. The number of ether oxygens (including phenoxy) is 1. The van der Waals surface area contributed by atoms with E-state index in [0.29, 0.717) is 0 Å². The standard InChI is InChI=1S/C9H7F3O3/c10-5-1-2-6(9(13)14)7(3-5)15-4-8(11)12/h1-3,8H,4H2,(H,13,14). The summed E-state index contributed by atoms with van der Waals surface area (Å²) in [7, 11) is 0. The van der Waals surface area contributed by atoms with Gasteiger partial charge in [0.15, 0.2) is 0 Å². The zero-order valence-electron chi connectivity index (χ0n) is 7.41. The Kier molecular flexibility index (Phi) is 3.54. The maximum absolute atomic E-state index is 12.7. The second kappa shape index (κ2) is 4.68. The summed E-state index contributed by atoms with van der Waals surface area (Å²) in [5.41, 5.74) is -0.350. The van der Waals surface area contributed by atoms with Crippen molar-refractivity contribution >= 4 is 5.97 Å². The molecule has 0 aromatic heterocycles. The van der Waals surface area contributed by atoms with E-state index < -0.39 is 30.6 Å². The number of rotatable bonds is 4. The molecule has 1 aromatic carbocycles. The molecule has 0 atom stereocenters. The van der Waals surface area contributed by atoms with E-state index in [0.717, 1.165) is 18.2 Å². The average molecular weight is 220 g/mol. The van der Waals surface area contributed by atoms with Gasteiger partial charge < -0.3 is 9.84 Å². The van der Waals surface area contributed by atoms with Gasteiger partial charge in [-0.05, 0) is 12.1 Å². The van der Waals surface area contributed by atoms with E-state index in [2.05, 4.69) is 4.74 Å². The van der Waals surface area contributed by atoms with Gasteiger partial charge in [-0.3, -0.25) is 0 Å². The molecule has 0 amide bonds. The largest absolute Gasteiger partial charge is 0.487 e. The van der Waals surface area contributed by atoms with E-state index >= 15 is 0 Å². The molecule has 0 unspecified atom stereocenters. The number of carbonyl (C=O) groups is 1. The van der Waals surface area contributed by atoms with Crippen molar-refractivity contribution in [3.05, 3.63) is 29.6 Å².